The van der Waals surface area contributed by atoms with Crippen LogP contribution in [0.5, 0.6) is 0 Å². The molecule has 1 aliphatic carbocycles. The van der Waals surface area contributed by atoms with Gasteiger partial charge in [-0.25, -0.2) is 0 Å². The smallest absolute Gasteiger partial charge is 0.166 e. The Morgan fingerprint density at radius 2 is 2.36 bits per heavy atom. The molecule has 0 saturated carbocycles. The number of rotatable bonds is 2. The highest BCUT2D eigenvalue weighted by atomic mass is 35.5. The summed E-state index contributed by atoms with van der Waals surface area (Å²) < 4.78 is 0. The number of allylic oxidation sites excluding steroid dienone is 1. The second kappa shape index (κ2) is 3.58. The molecule has 1 nitrogen and oxygen atoms in total. The Bertz CT molecular complexity index is 395. The van der Waals surface area contributed by atoms with Gasteiger partial charge in [0.15, 0.2) is 5.78 Å². The first-order chi connectivity index (χ1) is 6.74. The minimum absolute atomic E-state index is 0.0578. The maximum atomic E-state index is 11.8. The van der Waals surface area contributed by atoms with Crippen LogP contribution in [0.4, 0.5) is 0 Å². The van der Waals surface area contributed by atoms with Gasteiger partial charge >= 0.3 is 0 Å². The molecule has 2 rings (SSSR count). The third-order valence-corrected chi connectivity index (χ3v) is 3.01. The van der Waals surface area contributed by atoms with Gasteiger partial charge in [-0.2, -0.15) is 0 Å². The van der Waals surface area contributed by atoms with Crippen LogP contribution in [0.15, 0.2) is 30.9 Å². The summed E-state index contributed by atoms with van der Waals surface area (Å²) in [6, 6.07) is 5.52. The first-order valence-electron chi connectivity index (χ1n) is 4.66. The second-order valence-corrected chi connectivity index (χ2v) is 3.96. The van der Waals surface area contributed by atoms with Crippen molar-refractivity contribution in [1.82, 2.24) is 0 Å². The third-order valence-electron chi connectivity index (χ3n) is 2.66. The fraction of sp³-hybridized carbons (Fsp3) is 0.250. The SMILES string of the molecule is C=CCC1Cc2c(Cl)cccc2C1=O. The molecule has 0 radical (unpaired) electrons. The summed E-state index contributed by atoms with van der Waals surface area (Å²) in [7, 11) is 0. The van der Waals surface area contributed by atoms with E-state index in [0.29, 0.717) is 5.02 Å². The van der Waals surface area contributed by atoms with Crippen LogP contribution in [0.1, 0.15) is 22.3 Å². The number of fused-ring (bicyclic) bond motifs is 1. The molecule has 2 heteroatoms. The van der Waals surface area contributed by atoms with E-state index >= 15 is 0 Å². The van der Waals surface area contributed by atoms with Crippen molar-refractivity contribution in [2.75, 3.05) is 0 Å². The predicted molar refractivity (Wildman–Crippen MR) is 57.8 cm³/mol. The summed E-state index contributed by atoms with van der Waals surface area (Å²) in [4.78, 5) is 11.8. The minimum atomic E-state index is 0.0578. The van der Waals surface area contributed by atoms with E-state index in [-0.39, 0.29) is 11.7 Å². The van der Waals surface area contributed by atoms with Gasteiger partial charge in [-0.3, -0.25) is 4.79 Å². The first kappa shape index (κ1) is 9.47. The molecule has 0 saturated heterocycles. The summed E-state index contributed by atoms with van der Waals surface area (Å²) in [5.74, 6) is 0.268. The van der Waals surface area contributed by atoms with Gasteiger partial charge in [0.25, 0.3) is 0 Å². The molecule has 14 heavy (non-hydrogen) atoms. The average Bonchev–Trinajstić information content (AvgIpc) is 2.48. The molecule has 0 aliphatic heterocycles. The maximum absolute atomic E-state index is 11.8. The van der Waals surface area contributed by atoms with Crippen LogP contribution in [-0.4, -0.2) is 5.78 Å². The summed E-state index contributed by atoms with van der Waals surface area (Å²) in [5, 5.41) is 0.711. The highest BCUT2D eigenvalue weighted by molar-refractivity contribution is 6.32. The number of halogens is 1. The number of hydrogen-bond donors (Lipinski definition) is 0. The lowest BCUT2D eigenvalue weighted by atomic mass is 10.0. The molecule has 1 unspecified atom stereocenters. The minimum Gasteiger partial charge on any atom is -0.294 e. The van der Waals surface area contributed by atoms with E-state index in [0.717, 1.165) is 24.0 Å². The molecule has 1 aromatic carbocycles. The quantitative estimate of drug-likeness (QED) is 0.679. The Hall–Kier alpha value is -1.08. The van der Waals surface area contributed by atoms with Crippen LogP contribution in [0.2, 0.25) is 5.02 Å². The van der Waals surface area contributed by atoms with Crippen LogP contribution < -0.4 is 0 Å². The molecule has 1 atom stereocenters. The zero-order chi connectivity index (χ0) is 10.1. The number of carbonyl (C=O) groups is 1. The predicted octanol–water partition coefficient (Wildman–Crippen LogP) is 3.27. The number of ketones is 1. The van der Waals surface area contributed by atoms with Gasteiger partial charge in [-0.15, -0.1) is 6.58 Å². The first-order valence-corrected chi connectivity index (χ1v) is 5.04. The van der Waals surface area contributed by atoms with Crippen molar-refractivity contribution in [1.29, 1.82) is 0 Å². The zero-order valence-corrected chi connectivity index (χ0v) is 8.55. The fourth-order valence-electron chi connectivity index (χ4n) is 1.95. The standard InChI is InChI=1S/C12H11ClO/c1-2-4-8-7-10-9(12(8)14)5-3-6-11(10)13/h2-3,5-6,8H,1,4,7H2. The largest absolute Gasteiger partial charge is 0.294 e. The Balaban J connectivity index is 2.40. The van der Waals surface area contributed by atoms with Crippen molar-refractivity contribution in [3.63, 3.8) is 0 Å². The molecule has 0 bridgehead atoms. The Kier molecular flexibility index (Phi) is 2.42. The van der Waals surface area contributed by atoms with Crippen LogP contribution in [0.25, 0.3) is 0 Å². The van der Waals surface area contributed by atoms with Gasteiger partial charge in [-0.1, -0.05) is 29.8 Å². The van der Waals surface area contributed by atoms with Crippen molar-refractivity contribution in [2.24, 2.45) is 5.92 Å². The highest BCUT2D eigenvalue weighted by Crippen LogP contribution is 2.33. The second-order valence-electron chi connectivity index (χ2n) is 3.56. The average molecular weight is 207 g/mol. The van der Waals surface area contributed by atoms with E-state index in [9.17, 15) is 4.79 Å². The lowest BCUT2D eigenvalue weighted by Gasteiger charge is -2.01. The van der Waals surface area contributed by atoms with E-state index in [1.54, 1.807) is 6.08 Å². The van der Waals surface area contributed by atoms with Crippen molar-refractivity contribution in [3.05, 3.63) is 47.0 Å². The lowest BCUT2D eigenvalue weighted by Crippen LogP contribution is -2.07. The molecule has 1 aliphatic rings. The molecule has 0 aromatic heterocycles. The topological polar surface area (TPSA) is 17.1 Å². The summed E-state index contributed by atoms with van der Waals surface area (Å²) in [6.45, 7) is 3.66. The lowest BCUT2D eigenvalue weighted by molar-refractivity contribution is 0.0938. The normalized spacial score (nSPS) is 19.5. The van der Waals surface area contributed by atoms with E-state index in [2.05, 4.69) is 6.58 Å². The highest BCUT2D eigenvalue weighted by Gasteiger charge is 2.30. The molecular weight excluding hydrogens is 196 g/mol. The van der Waals surface area contributed by atoms with E-state index in [1.165, 1.54) is 0 Å². The molecule has 1 aromatic rings. The van der Waals surface area contributed by atoms with Gasteiger partial charge in [0, 0.05) is 16.5 Å². The van der Waals surface area contributed by atoms with Crippen LogP contribution in [0.3, 0.4) is 0 Å². The van der Waals surface area contributed by atoms with E-state index < -0.39 is 0 Å². The Morgan fingerprint density at radius 3 is 3.00 bits per heavy atom. The van der Waals surface area contributed by atoms with Gasteiger partial charge < -0.3 is 0 Å². The van der Waals surface area contributed by atoms with Crippen molar-refractivity contribution in [2.45, 2.75) is 12.8 Å². The molecule has 72 valence electrons. The number of benzene rings is 1. The Morgan fingerprint density at radius 1 is 1.57 bits per heavy atom. The monoisotopic (exact) mass is 206 g/mol. The third kappa shape index (κ3) is 1.38. The molecule has 0 fully saturated rings. The van der Waals surface area contributed by atoms with E-state index in [4.69, 9.17) is 11.6 Å². The van der Waals surface area contributed by atoms with Crippen LogP contribution >= 0.6 is 11.6 Å². The van der Waals surface area contributed by atoms with Crippen LogP contribution in [0, 0.1) is 5.92 Å². The number of hydrogen-bond acceptors (Lipinski definition) is 1. The van der Waals surface area contributed by atoms with Gasteiger partial charge in [0.05, 0.1) is 0 Å². The number of carbonyl (C=O) groups excluding carboxylic acids is 1. The maximum Gasteiger partial charge on any atom is 0.166 e. The van der Waals surface area contributed by atoms with Gasteiger partial charge in [0.1, 0.15) is 0 Å². The molecule has 0 spiro atoms. The molecular formula is C12H11ClO. The van der Waals surface area contributed by atoms with Gasteiger partial charge in [-0.05, 0) is 24.5 Å². The van der Waals surface area contributed by atoms with Crippen LogP contribution in [-0.2, 0) is 6.42 Å². The van der Waals surface area contributed by atoms with Crippen molar-refractivity contribution in [3.8, 4) is 0 Å². The summed E-state index contributed by atoms with van der Waals surface area (Å²) in [5.41, 5.74) is 1.80. The van der Waals surface area contributed by atoms with E-state index in [1.807, 2.05) is 18.2 Å². The van der Waals surface area contributed by atoms with Crippen molar-refractivity contribution >= 4 is 17.4 Å². The Labute approximate surface area is 88.4 Å². The fourth-order valence-corrected chi connectivity index (χ4v) is 2.20. The molecule has 0 N–H and O–H groups in total. The molecule has 0 heterocycles. The summed E-state index contributed by atoms with van der Waals surface area (Å²) in [6.07, 6.45) is 3.30. The van der Waals surface area contributed by atoms with Crippen molar-refractivity contribution < 1.29 is 4.79 Å². The summed E-state index contributed by atoms with van der Waals surface area (Å²) >= 11 is 6.02. The van der Waals surface area contributed by atoms with Gasteiger partial charge in [0.2, 0.25) is 0 Å². The number of Topliss-reactive ketones (excluding diaryl/α,β-unsaturated/α-hetero) is 1. The molecule has 0 amide bonds. The zero-order valence-electron chi connectivity index (χ0n) is 7.79.